The molecule has 2 aromatic heterocycles. The zero-order valence-corrected chi connectivity index (χ0v) is 56.4. The van der Waals surface area contributed by atoms with Gasteiger partial charge in [0.2, 0.25) is 0 Å². The first kappa shape index (κ1) is 64.6. The highest BCUT2D eigenvalue weighted by Crippen LogP contribution is 2.48. The van der Waals surface area contributed by atoms with E-state index < -0.39 is 0 Å². The molecule has 87 heavy (non-hydrogen) atoms. The molecule has 7 aromatic rings. The van der Waals surface area contributed by atoms with Crippen molar-refractivity contribution in [1.29, 1.82) is 0 Å². The fourth-order valence-electron chi connectivity index (χ4n) is 13.2. The summed E-state index contributed by atoms with van der Waals surface area (Å²) in [6.07, 6.45) is 27.9. The average Bonchev–Trinajstić information content (AvgIpc) is 1.81. The van der Waals surface area contributed by atoms with Crippen LogP contribution in [0, 0.1) is 16.2 Å². The van der Waals surface area contributed by atoms with Crippen LogP contribution in [0.15, 0.2) is 203 Å². The van der Waals surface area contributed by atoms with E-state index in [1.54, 1.807) is 0 Å². The van der Waals surface area contributed by atoms with Crippen LogP contribution in [0.1, 0.15) is 198 Å². The molecule has 6 heteroatoms. The number of hydrogen-bond acceptors (Lipinski definition) is 5. The lowest BCUT2D eigenvalue weighted by atomic mass is 9.41. The molecule has 2 aliphatic carbocycles. The number of nitrogens with one attached hydrogen (secondary N) is 2. The highest BCUT2D eigenvalue weighted by molar-refractivity contribution is 6.83. The summed E-state index contributed by atoms with van der Waals surface area (Å²) in [6, 6.07) is 39.9. The van der Waals surface area contributed by atoms with Gasteiger partial charge in [0.15, 0.2) is 0 Å². The standard InChI is InChI=1S/C81H104BN3O2/c1-20-22-44-79(14,15)58(21-2)28-27-50-82(73-53-57-52-65-66(54-72(57)87-73)81(18,19)49-48-80(65,16)17)67(55-83-61-29-26-43-77(10,11)46-47-78(12,13)45-42-61)69(84-68-31-25-33-71-74(68)64-30-23-24-32-70(64)86-71)51-56(3)85(62-38-34-59(35-39-62)75(4,5)6)63-40-36-60(37-41-63)76(7,8)9/h21,23-28,30-43,45,50,52-55,61,69,83-84H,2-3,20,22,29,44,46-49,51H2,1,4-19H3/b43-26+,45-42+,50-27+,58-28+,67-55-. The van der Waals surface area contributed by atoms with Crippen molar-refractivity contribution in [2.24, 2.45) is 16.2 Å². The molecule has 5 aromatic carbocycles. The van der Waals surface area contributed by atoms with Crippen LogP contribution < -0.4 is 21.2 Å². The van der Waals surface area contributed by atoms with Gasteiger partial charge < -0.3 is 24.4 Å². The minimum atomic E-state index is -0.373. The third-order valence-corrected chi connectivity index (χ3v) is 19.4. The van der Waals surface area contributed by atoms with Gasteiger partial charge in [0.05, 0.1) is 11.0 Å². The van der Waals surface area contributed by atoms with Crippen LogP contribution in [0.2, 0.25) is 0 Å². The summed E-state index contributed by atoms with van der Waals surface area (Å²) in [7, 11) is 0. The molecule has 0 saturated carbocycles. The van der Waals surface area contributed by atoms with Crippen molar-refractivity contribution in [1.82, 2.24) is 5.32 Å². The minimum absolute atomic E-state index is 0.00296. The Labute approximate surface area is 525 Å². The highest BCUT2D eigenvalue weighted by atomic mass is 16.3. The van der Waals surface area contributed by atoms with Crippen LogP contribution in [0.25, 0.3) is 32.9 Å². The van der Waals surface area contributed by atoms with E-state index in [9.17, 15) is 0 Å². The van der Waals surface area contributed by atoms with Gasteiger partial charge in [-0.1, -0.05) is 235 Å². The average molecular weight is 1160 g/mol. The number of unbranched alkanes of at least 4 members (excludes halogenated alkanes) is 1. The van der Waals surface area contributed by atoms with Gasteiger partial charge in [0.1, 0.15) is 16.7 Å². The summed E-state index contributed by atoms with van der Waals surface area (Å²) in [5, 5.41) is 11.7. The molecule has 0 spiro atoms. The Bertz CT molecular complexity index is 3630. The number of nitrogens with zero attached hydrogens (tertiary/aromatic N) is 1. The van der Waals surface area contributed by atoms with Crippen LogP contribution in [-0.4, -0.2) is 18.8 Å². The Balaban J connectivity index is 1.32. The first-order valence-corrected chi connectivity index (χ1v) is 32.7. The maximum absolute atomic E-state index is 7.47. The number of para-hydroxylation sites is 1. The summed E-state index contributed by atoms with van der Waals surface area (Å²) in [5.41, 5.74) is 15.3. The monoisotopic (exact) mass is 1160 g/mol. The van der Waals surface area contributed by atoms with E-state index in [1.165, 1.54) is 27.8 Å². The van der Waals surface area contributed by atoms with Crippen LogP contribution in [0.3, 0.4) is 0 Å². The van der Waals surface area contributed by atoms with Gasteiger partial charge in [0.25, 0.3) is 6.71 Å². The number of hydrogen-bond donors (Lipinski definition) is 2. The van der Waals surface area contributed by atoms with Crippen molar-refractivity contribution in [3.8, 4) is 0 Å². The predicted octanol–water partition coefficient (Wildman–Crippen LogP) is 22.4. The fourth-order valence-corrected chi connectivity index (χ4v) is 13.2. The van der Waals surface area contributed by atoms with Gasteiger partial charge >= 0.3 is 0 Å². The first-order valence-electron chi connectivity index (χ1n) is 32.7. The Morgan fingerprint density at radius 2 is 1.30 bits per heavy atom. The molecule has 2 N–H and O–H groups in total. The van der Waals surface area contributed by atoms with Crippen LogP contribution in [-0.2, 0) is 21.7 Å². The number of furan rings is 2. The van der Waals surface area contributed by atoms with Gasteiger partial charge in [-0.25, -0.2) is 0 Å². The molecule has 0 bridgehead atoms. The van der Waals surface area contributed by atoms with Crippen molar-refractivity contribution >= 4 is 62.3 Å². The maximum atomic E-state index is 7.47. The Kier molecular flexibility index (Phi) is 18.8. The Morgan fingerprint density at radius 1 is 0.701 bits per heavy atom. The van der Waals surface area contributed by atoms with E-state index in [0.29, 0.717) is 6.42 Å². The van der Waals surface area contributed by atoms with Crippen molar-refractivity contribution in [3.05, 3.63) is 216 Å². The lowest BCUT2D eigenvalue weighted by molar-refractivity contribution is 0.327. The predicted molar refractivity (Wildman–Crippen MR) is 380 cm³/mol. The third-order valence-electron chi connectivity index (χ3n) is 19.4. The smallest absolute Gasteiger partial charge is 0.279 e. The van der Waals surface area contributed by atoms with Crippen LogP contribution >= 0.6 is 0 Å². The van der Waals surface area contributed by atoms with Crippen LogP contribution in [0.4, 0.5) is 17.1 Å². The normalized spacial score (nSPS) is 19.2. The van der Waals surface area contributed by atoms with Gasteiger partial charge in [-0.15, -0.1) is 5.98 Å². The summed E-state index contributed by atoms with van der Waals surface area (Å²) >= 11 is 0. The number of benzene rings is 5. The second kappa shape index (κ2) is 25.3. The SMILES string of the molecule is C=C/C(=C\C=C\B(/C(=C\NC1/C=C/C(C)(C)CCC(C)(C)/C=C/C1)C(CC(=C)N(c1ccc(C(C)(C)C)cc1)c1ccc(C(C)(C)C)cc1)Nc1cccc2oc3ccccc3c12)c1cc2cc3c(cc2o1)C(C)(C)CCC3(C)C)C(C)(C)CCCC. The zero-order chi connectivity index (χ0) is 62.9. The second-order valence-electron chi connectivity index (χ2n) is 31.1. The van der Waals surface area contributed by atoms with Crippen molar-refractivity contribution in [2.75, 3.05) is 10.2 Å². The molecule has 9 rings (SSSR count). The number of rotatable bonds is 19. The topological polar surface area (TPSA) is 53.6 Å². The van der Waals surface area contributed by atoms with E-state index in [1.807, 2.05) is 0 Å². The molecule has 2 aliphatic rings. The third kappa shape index (κ3) is 15.0. The molecule has 2 unspecified atom stereocenters. The molecule has 0 radical (unpaired) electrons. The quantitative estimate of drug-likeness (QED) is 0.0480. The maximum Gasteiger partial charge on any atom is 0.279 e. The Morgan fingerprint density at radius 3 is 1.91 bits per heavy atom. The summed E-state index contributed by atoms with van der Waals surface area (Å²) in [6.45, 7) is 49.0. The largest absolute Gasteiger partial charge is 0.470 e. The molecular formula is C81H104BN3O2. The lowest BCUT2D eigenvalue weighted by Crippen LogP contribution is -2.41. The molecule has 0 amide bonds. The molecule has 0 fully saturated rings. The fraction of sp³-hybridized carbons (Fsp3) is 0.432. The van der Waals surface area contributed by atoms with E-state index in [2.05, 4.69) is 304 Å². The van der Waals surface area contributed by atoms with Crippen molar-refractivity contribution < 1.29 is 8.83 Å². The van der Waals surface area contributed by atoms with Gasteiger partial charge in [-0.3, -0.25) is 0 Å². The summed E-state index contributed by atoms with van der Waals surface area (Å²) in [4.78, 5) is 2.38. The molecule has 2 heterocycles. The van der Waals surface area contributed by atoms with Gasteiger partial charge in [-0.2, -0.15) is 0 Å². The second-order valence-corrected chi connectivity index (χ2v) is 31.1. The van der Waals surface area contributed by atoms with E-state index in [-0.39, 0.29) is 56.7 Å². The van der Waals surface area contributed by atoms with E-state index in [0.717, 1.165) is 118 Å². The molecule has 0 aliphatic heterocycles. The Hall–Kier alpha value is -6.92. The number of allylic oxidation sites excluding steroid dienone is 6. The lowest BCUT2D eigenvalue weighted by Gasteiger charge is -2.41. The molecule has 5 nitrogen and oxygen atoms in total. The van der Waals surface area contributed by atoms with Crippen LogP contribution in [0.5, 0.6) is 0 Å². The van der Waals surface area contributed by atoms with E-state index >= 15 is 0 Å². The summed E-state index contributed by atoms with van der Waals surface area (Å²) in [5.74, 6) is 2.38. The molecular weight excluding hydrogens is 1060 g/mol. The van der Waals surface area contributed by atoms with Crippen molar-refractivity contribution in [3.63, 3.8) is 0 Å². The molecule has 0 saturated heterocycles. The van der Waals surface area contributed by atoms with Crippen molar-refractivity contribution in [2.45, 2.75) is 209 Å². The first-order chi connectivity index (χ1) is 40.9. The van der Waals surface area contributed by atoms with Gasteiger partial charge in [0, 0.05) is 52.0 Å². The molecule has 458 valence electrons. The highest BCUT2D eigenvalue weighted by Gasteiger charge is 2.39. The van der Waals surface area contributed by atoms with E-state index in [4.69, 9.17) is 15.4 Å². The summed E-state index contributed by atoms with van der Waals surface area (Å²) < 4.78 is 14.1. The zero-order valence-electron chi connectivity index (χ0n) is 56.4. The molecule has 2 atom stereocenters. The minimum Gasteiger partial charge on any atom is -0.470 e. The number of anilines is 3. The van der Waals surface area contributed by atoms with Gasteiger partial charge in [-0.05, 0) is 177 Å². The number of fused-ring (bicyclic) bond motifs is 5.